The van der Waals surface area contributed by atoms with Crippen molar-refractivity contribution >= 4 is 19.8 Å². The summed E-state index contributed by atoms with van der Waals surface area (Å²) in [6.45, 7) is 4.33. The second-order valence-corrected chi connectivity index (χ2v) is 29.1. The van der Waals surface area contributed by atoms with Crippen molar-refractivity contribution in [2.45, 2.75) is 418 Å². The number of esters is 2. The van der Waals surface area contributed by atoms with Crippen LogP contribution in [-0.2, 0) is 32.7 Å². The molecule has 2 atom stereocenters. The van der Waals surface area contributed by atoms with Gasteiger partial charge in [0.2, 0.25) is 0 Å². The monoisotopic (exact) mass is 1240 g/mol. The van der Waals surface area contributed by atoms with Crippen molar-refractivity contribution in [1.29, 1.82) is 0 Å². The van der Waals surface area contributed by atoms with Gasteiger partial charge in [0.15, 0.2) is 6.10 Å². The zero-order valence-electron chi connectivity index (χ0n) is 58.6. The van der Waals surface area contributed by atoms with Crippen molar-refractivity contribution in [3.05, 3.63) is 12.2 Å². The van der Waals surface area contributed by atoms with Gasteiger partial charge in [-0.05, 0) is 38.5 Å². The molecule has 0 aromatic rings. The Morgan fingerprint density at radius 3 is 0.860 bits per heavy atom. The molecule has 0 N–H and O–H groups in total. The van der Waals surface area contributed by atoms with Gasteiger partial charge in [-0.15, -0.1) is 0 Å². The third-order valence-corrected chi connectivity index (χ3v) is 18.7. The molecule has 0 rings (SSSR count). The number of hydrogen-bond donors (Lipinski definition) is 0. The summed E-state index contributed by atoms with van der Waals surface area (Å²) in [4.78, 5) is 38.1. The first-order valence-electron chi connectivity index (χ1n) is 38.4. The molecule has 86 heavy (non-hydrogen) atoms. The molecule has 0 bridgehead atoms. The molecule has 0 saturated heterocycles. The average Bonchev–Trinajstić information content (AvgIpc) is 3.67. The number of quaternary nitrogens is 1. The van der Waals surface area contributed by atoms with E-state index in [9.17, 15) is 19.0 Å². The Balaban J connectivity index is 3.92. The number of carbonyl (C=O) groups excluding carboxylic acids is 2. The molecular formula is C76H150NO8P. The molecule has 0 saturated carbocycles. The molecule has 0 heterocycles. The first kappa shape index (κ1) is 84.8. The van der Waals surface area contributed by atoms with E-state index in [2.05, 4.69) is 26.0 Å². The molecule has 0 aliphatic rings. The summed E-state index contributed by atoms with van der Waals surface area (Å²) in [6.07, 6.45) is 84.7. The van der Waals surface area contributed by atoms with Crippen molar-refractivity contribution in [2.24, 2.45) is 0 Å². The molecule has 0 fully saturated rings. The molecule has 2 unspecified atom stereocenters. The maximum atomic E-state index is 12.9. The molecule has 0 aliphatic heterocycles. The van der Waals surface area contributed by atoms with E-state index < -0.39 is 26.5 Å². The minimum Gasteiger partial charge on any atom is -0.756 e. The van der Waals surface area contributed by atoms with E-state index in [4.69, 9.17) is 18.5 Å². The highest BCUT2D eigenvalue weighted by Crippen LogP contribution is 2.38. The summed E-state index contributed by atoms with van der Waals surface area (Å²) >= 11 is 0. The van der Waals surface area contributed by atoms with Crippen LogP contribution in [0.5, 0.6) is 0 Å². The number of carbonyl (C=O) groups is 2. The van der Waals surface area contributed by atoms with E-state index in [1.807, 2.05) is 21.1 Å². The van der Waals surface area contributed by atoms with Gasteiger partial charge >= 0.3 is 11.9 Å². The minimum atomic E-state index is -4.64. The number of hydrogen-bond acceptors (Lipinski definition) is 8. The molecule has 10 heteroatoms. The zero-order chi connectivity index (χ0) is 62.6. The van der Waals surface area contributed by atoms with Gasteiger partial charge < -0.3 is 27.9 Å². The van der Waals surface area contributed by atoms with Gasteiger partial charge in [-0.1, -0.05) is 373 Å². The molecular weight excluding hydrogens is 1090 g/mol. The third kappa shape index (κ3) is 71.8. The Kier molecular flexibility index (Phi) is 67.1. The van der Waals surface area contributed by atoms with E-state index >= 15 is 0 Å². The number of allylic oxidation sites excluding steroid dienone is 2. The lowest BCUT2D eigenvalue weighted by Gasteiger charge is -2.28. The van der Waals surface area contributed by atoms with Gasteiger partial charge in [-0.25, -0.2) is 0 Å². The van der Waals surface area contributed by atoms with Crippen molar-refractivity contribution in [3.63, 3.8) is 0 Å². The average molecular weight is 1240 g/mol. The summed E-state index contributed by atoms with van der Waals surface area (Å²) in [5.41, 5.74) is 0. The molecule has 0 spiro atoms. The highest BCUT2D eigenvalue weighted by atomic mass is 31.2. The van der Waals surface area contributed by atoms with Gasteiger partial charge in [-0.3, -0.25) is 14.2 Å². The van der Waals surface area contributed by atoms with Crippen molar-refractivity contribution < 1.29 is 42.1 Å². The van der Waals surface area contributed by atoms with E-state index in [-0.39, 0.29) is 32.0 Å². The number of likely N-dealkylation sites (N-methyl/N-ethyl adjacent to an activating group) is 1. The van der Waals surface area contributed by atoms with Crippen LogP contribution in [0.1, 0.15) is 412 Å². The Hall–Kier alpha value is -1.25. The first-order valence-corrected chi connectivity index (χ1v) is 39.9. The summed E-state index contributed by atoms with van der Waals surface area (Å²) < 4.78 is 34.4. The van der Waals surface area contributed by atoms with Gasteiger partial charge in [0.25, 0.3) is 7.82 Å². The molecule has 0 radical (unpaired) electrons. The fourth-order valence-electron chi connectivity index (χ4n) is 11.9. The molecule has 0 amide bonds. The number of unbranched alkanes of at least 4 members (excludes halogenated alkanes) is 57. The largest absolute Gasteiger partial charge is 0.756 e. The lowest BCUT2D eigenvalue weighted by atomic mass is 10.0. The normalized spacial score (nSPS) is 13.0. The fraction of sp³-hybridized carbons (Fsp3) is 0.947. The van der Waals surface area contributed by atoms with Crippen molar-refractivity contribution in [3.8, 4) is 0 Å². The Labute approximate surface area is 537 Å². The summed E-state index contributed by atoms with van der Waals surface area (Å²) in [5, 5.41) is 0. The van der Waals surface area contributed by atoms with Crippen LogP contribution in [0, 0.1) is 0 Å². The van der Waals surface area contributed by atoms with Gasteiger partial charge in [0.05, 0.1) is 27.7 Å². The quantitative estimate of drug-likeness (QED) is 0.0195. The topological polar surface area (TPSA) is 111 Å². The van der Waals surface area contributed by atoms with Crippen LogP contribution in [-0.4, -0.2) is 70.0 Å². The van der Waals surface area contributed by atoms with Crippen molar-refractivity contribution in [2.75, 3.05) is 47.5 Å². The zero-order valence-corrected chi connectivity index (χ0v) is 59.5. The molecule has 512 valence electrons. The van der Waals surface area contributed by atoms with Gasteiger partial charge in [0, 0.05) is 12.8 Å². The minimum absolute atomic E-state index is 0.0259. The molecule has 0 aromatic carbocycles. The Bertz CT molecular complexity index is 1450. The number of phosphoric ester groups is 1. The van der Waals surface area contributed by atoms with E-state index in [0.717, 1.165) is 32.1 Å². The number of rotatable bonds is 73. The van der Waals surface area contributed by atoms with Crippen LogP contribution in [0.2, 0.25) is 0 Å². The number of ether oxygens (including phenoxy) is 2. The smallest absolute Gasteiger partial charge is 0.306 e. The third-order valence-electron chi connectivity index (χ3n) is 17.8. The summed E-state index contributed by atoms with van der Waals surface area (Å²) in [5.74, 6) is -0.805. The van der Waals surface area contributed by atoms with Crippen LogP contribution < -0.4 is 4.89 Å². The molecule has 0 aromatic heterocycles. The second kappa shape index (κ2) is 68.1. The number of phosphoric acid groups is 1. The Morgan fingerprint density at radius 2 is 0.593 bits per heavy atom. The number of nitrogens with zero attached hydrogens (tertiary/aromatic N) is 1. The van der Waals surface area contributed by atoms with E-state index in [1.165, 1.54) is 347 Å². The Morgan fingerprint density at radius 1 is 0.349 bits per heavy atom. The lowest BCUT2D eigenvalue weighted by Crippen LogP contribution is -2.37. The second-order valence-electron chi connectivity index (χ2n) is 27.7. The van der Waals surface area contributed by atoms with Crippen molar-refractivity contribution in [1.82, 2.24) is 0 Å². The standard InChI is InChI=1S/C76H150NO8P/c1-6-8-10-12-14-16-18-20-22-24-26-28-30-32-34-36-37-38-39-41-42-44-46-48-50-52-54-56-58-60-62-64-66-68-75(78)82-72-74(73-84-86(80,81)83-71-70-77(3,4)5)85-76(79)69-67-65-63-61-59-57-55-53-51-49-47-45-43-40-35-33-31-29-27-25-23-21-19-17-15-13-11-9-7-2/h25,27,74H,6-24,26,28-73H2,1-5H3/b27-25-. The maximum Gasteiger partial charge on any atom is 0.306 e. The van der Waals surface area contributed by atoms with Crippen LogP contribution in [0.4, 0.5) is 0 Å². The summed E-state index contributed by atoms with van der Waals surface area (Å²) in [7, 11) is 1.19. The predicted octanol–water partition coefficient (Wildman–Crippen LogP) is 24.4. The predicted molar refractivity (Wildman–Crippen MR) is 370 cm³/mol. The highest BCUT2D eigenvalue weighted by molar-refractivity contribution is 7.45. The summed E-state index contributed by atoms with van der Waals surface area (Å²) in [6, 6.07) is 0. The van der Waals surface area contributed by atoms with Crippen LogP contribution in [0.15, 0.2) is 12.2 Å². The SMILES string of the molecule is CCCCCCCCCC/C=C\CCCCCCCCCCCCCCCCCCCC(=O)OC(COC(=O)CCCCCCCCCCCCCCCCCCCCCCCCCCCCCCCCCCC)COP(=O)([O-])OCC[N+](C)(C)C. The van der Waals surface area contributed by atoms with Crippen LogP contribution >= 0.6 is 7.82 Å². The van der Waals surface area contributed by atoms with Gasteiger partial charge in [-0.2, -0.15) is 0 Å². The fourth-order valence-corrected chi connectivity index (χ4v) is 12.6. The highest BCUT2D eigenvalue weighted by Gasteiger charge is 2.22. The maximum absolute atomic E-state index is 12.9. The lowest BCUT2D eigenvalue weighted by molar-refractivity contribution is -0.870. The molecule has 0 aliphatic carbocycles. The van der Waals surface area contributed by atoms with E-state index in [0.29, 0.717) is 17.4 Å². The van der Waals surface area contributed by atoms with E-state index in [1.54, 1.807) is 0 Å². The molecule has 9 nitrogen and oxygen atoms in total. The van der Waals surface area contributed by atoms with Crippen LogP contribution in [0.3, 0.4) is 0 Å². The first-order chi connectivity index (χ1) is 42.0. The van der Waals surface area contributed by atoms with Crippen LogP contribution in [0.25, 0.3) is 0 Å². The van der Waals surface area contributed by atoms with Gasteiger partial charge in [0.1, 0.15) is 19.8 Å².